The van der Waals surface area contributed by atoms with Gasteiger partial charge >= 0.3 is 33.8 Å². The summed E-state index contributed by atoms with van der Waals surface area (Å²) in [5.74, 6) is -8.36. The van der Waals surface area contributed by atoms with E-state index in [2.05, 4.69) is 20.4 Å². The molecule has 2 amide bonds. The molecular formula is C28H30N8O14S2. The van der Waals surface area contributed by atoms with Gasteiger partial charge in [0.1, 0.15) is 24.4 Å². The Morgan fingerprint density at radius 1 is 1.10 bits per heavy atom. The zero-order valence-electron chi connectivity index (χ0n) is 26.8. The molecule has 0 radical (unpaired) electrons. The standard InChI is InChI=1S/C28H30N8O14S2/c1-33-12-2-3-13(33)6-27(5-12,24(42)43)50-32-20(16-11-51-26(29)31-16)21(39)30-15-10-48-36(22(15)40)28(25(44)45)7-17(23(41)49-28)35-8-14-4-18(37)19(38)9-34(14)52(35,46)47/h4,8-9,11-13,15,17,37-38H,2-3,5-7,10H2,1H3,(H2,29,31)(H,30,39)(H,42,43)(H,44,45)/b32-20-/t12?,13?,15-,17?,27?,28?/m0/s1. The largest absolute Gasteiger partial charge is 0.504 e. The molecule has 0 spiro atoms. The van der Waals surface area contributed by atoms with Gasteiger partial charge in [0.25, 0.3) is 11.8 Å². The molecule has 24 heteroatoms. The van der Waals surface area contributed by atoms with Crippen molar-refractivity contribution in [3.05, 3.63) is 46.8 Å². The number of ether oxygens (including phenoxy) is 1. The van der Waals surface area contributed by atoms with E-state index in [1.165, 1.54) is 5.38 Å². The number of nitrogen functional groups attached to an aromatic ring is 1. The third-order valence-electron chi connectivity index (χ3n) is 9.77. The quantitative estimate of drug-likeness (QED) is 0.0940. The number of aliphatic hydroxyl groups is 2. The highest BCUT2D eigenvalue weighted by molar-refractivity contribution is 7.87. The van der Waals surface area contributed by atoms with Gasteiger partial charge in [-0.15, -0.1) is 11.3 Å². The number of amides is 2. The molecule has 6 aliphatic rings. The fourth-order valence-electron chi connectivity index (χ4n) is 7.02. The molecule has 0 aliphatic carbocycles. The molecule has 1 aromatic heterocycles. The number of allylic oxidation sites excluding steroid dienone is 1. The Bertz CT molecular complexity index is 2020. The predicted molar refractivity (Wildman–Crippen MR) is 170 cm³/mol. The SMILES string of the molecule is CN1C2CCC1CC(O/N=C(\C(=O)N[C@H]1CON(C3(C(=O)O)CC(N4C=C5C=C(O)C(O)=CN5S4(=O)=O)C(=O)O3)C1=O)c1csc(N)n1)(C(=O)O)C2. The number of thiazole rings is 1. The van der Waals surface area contributed by atoms with Gasteiger partial charge in [0, 0.05) is 42.6 Å². The molecule has 2 bridgehead atoms. The number of oxime groups is 1. The topological polar surface area (TPSA) is 304 Å². The average Bonchev–Trinajstić information content (AvgIpc) is 3.85. The second-order valence-electron chi connectivity index (χ2n) is 12.8. The highest BCUT2D eigenvalue weighted by Gasteiger charge is 2.65. The van der Waals surface area contributed by atoms with Crippen LogP contribution in [0.2, 0.25) is 0 Å². The summed E-state index contributed by atoms with van der Waals surface area (Å²) < 4.78 is 32.6. The summed E-state index contributed by atoms with van der Waals surface area (Å²) >= 11 is 0.937. The van der Waals surface area contributed by atoms with Crippen molar-refractivity contribution >= 4 is 62.1 Å². The number of aliphatic hydroxyl groups excluding tert-OH is 2. The van der Waals surface area contributed by atoms with Crippen molar-refractivity contribution in [2.45, 2.75) is 67.6 Å². The average molecular weight is 767 g/mol. The Balaban J connectivity index is 1.11. The van der Waals surface area contributed by atoms with E-state index in [9.17, 15) is 52.8 Å². The summed E-state index contributed by atoms with van der Waals surface area (Å²) in [7, 11) is -2.76. The van der Waals surface area contributed by atoms with Crippen molar-refractivity contribution in [3.63, 3.8) is 0 Å². The number of hydroxylamine groups is 2. The fourth-order valence-corrected chi connectivity index (χ4v) is 9.09. The second-order valence-corrected chi connectivity index (χ2v) is 15.4. The molecular weight excluding hydrogens is 736 g/mol. The number of hydrogen-bond donors (Lipinski definition) is 6. The maximum atomic E-state index is 13.6. The zero-order chi connectivity index (χ0) is 37.5. The van der Waals surface area contributed by atoms with Crippen molar-refractivity contribution in [2.75, 3.05) is 19.4 Å². The van der Waals surface area contributed by atoms with Crippen LogP contribution in [-0.2, 0) is 48.6 Å². The maximum Gasteiger partial charge on any atom is 0.372 e. The molecule has 4 unspecified atom stereocenters. The minimum absolute atomic E-state index is 0.0283. The number of piperidine rings is 1. The third kappa shape index (κ3) is 5.36. The van der Waals surface area contributed by atoms with Gasteiger partial charge in [-0.1, -0.05) is 5.16 Å². The van der Waals surface area contributed by atoms with Gasteiger partial charge in [-0.05, 0) is 19.9 Å². The van der Waals surface area contributed by atoms with Crippen molar-refractivity contribution < 1.29 is 67.2 Å². The lowest BCUT2D eigenvalue weighted by Gasteiger charge is -2.40. The Morgan fingerprint density at radius 3 is 2.40 bits per heavy atom. The molecule has 1 aromatic rings. The number of nitrogens with two attached hydrogens (primary N) is 1. The molecule has 5 atom stereocenters. The lowest BCUT2D eigenvalue weighted by molar-refractivity contribution is -0.256. The molecule has 278 valence electrons. The Hall–Kier alpha value is -5.46. The van der Waals surface area contributed by atoms with Gasteiger partial charge in [0.15, 0.2) is 22.4 Å². The van der Waals surface area contributed by atoms with Gasteiger partial charge in [-0.3, -0.25) is 14.4 Å². The molecule has 52 heavy (non-hydrogen) atoms. The molecule has 7 heterocycles. The first-order valence-corrected chi connectivity index (χ1v) is 17.8. The molecule has 22 nitrogen and oxygen atoms in total. The number of nitrogens with zero attached hydrogens (tertiary/aromatic N) is 6. The Labute approximate surface area is 296 Å². The summed E-state index contributed by atoms with van der Waals surface area (Å²) in [6.07, 6.45) is 3.14. The predicted octanol–water partition coefficient (Wildman–Crippen LogP) is -1.56. The minimum Gasteiger partial charge on any atom is -0.504 e. The van der Waals surface area contributed by atoms with Crippen LogP contribution in [0.25, 0.3) is 0 Å². The van der Waals surface area contributed by atoms with E-state index in [0.717, 1.165) is 36.5 Å². The van der Waals surface area contributed by atoms with E-state index in [1.807, 2.05) is 7.05 Å². The van der Waals surface area contributed by atoms with E-state index in [-0.39, 0.29) is 46.5 Å². The number of carboxylic acid groups (broad SMARTS) is 2. The summed E-state index contributed by atoms with van der Waals surface area (Å²) in [6, 6.07) is -3.68. The van der Waals surface area contributed by atoms with Crippen molar-refractivity contribution in [2.24, 2.45) is 5.16 Å². The Kier molecular flexibility index (Phi) is 8.11. The van der Waals surface area contributed by atoms with Crippen LogP contribution in [-0.4, -0.2) is 137 Å². The number of nitrogens with one attached hydrogen (secondary N) is 1. The summed E-state index contributed by atoms with van der Waals surface area (Å²) in [5.41, 5.74) is 0.226. The number of carboxylic acids is 2. The number of carbonyl (C=O) groups is 5. The van der Waals surface area contributed by atoms with Crippen LogP contribution < -0.4 is 11.1 Å². The highest BCUT2D eigenvalue weighted by atomic mass is 32.2. The van der Waals surface area contributed by atoms with Gasteiger partial charge in [-0.2, -0.15) is 13.5 Å². The smallest absolute Gasteiger partial charge is 0.372 e. The number of aromatic nitrogens is 1. The number of rotatable bonds is 9. The van der Waals surface area contributed by atoms with E-state index in [1.54, 1.807) is 0 Å². The molecule has 0 saturated carbocycles. The van der Waals surface area contributed by atoms with Crippen LogP contribution in [0.5, 0.6) is 0 Å². The molecule has 7 rings (SSSR count). The second kappa shape index (κ2) is 12.1. The Morgan fingerprint density at radius 2 is 1.79 bits per heavy atom. The normalized spacial score (nSPS) is 32.6. The number of esters is 1. The van der Waals surface area contributed by atoms with Gasteiger partial charge in [-0.25, -0.2) is 28.0 Å². The molecule has 4 fully saturated rings. The van der Waals surface area contributed by atoms with Crippen LogP contribution in [0.1, 0.15) is 37.8 Å². The van der Waals surface area contributed by atoms with E-state index in [0.29, 0.717) is 14.8 Å². The maximum absolute atomic E-state index is 13.6. The zero-order valence-corrected chi connectivity index (χ0v) is 28.4. The number of cyclic esters (lactones) is 1. The van der Waals surface area contributed by atoms with Gasteiger partial charge in [0.05, 0.1) is 18.3 Å². The first kappa shape index (κ1) is 35.0. The molecule has 6 aliphatic heterocycles. The first-order valence-electron chi connectivity index (χ1n) is 15.5. The van der Waals surface area contributed by atoms with E-state index < -0.39 is 93.6 Å². The van der Waals surface area contributed by atoms with E-state index in [4.69, 9.17) is 20.1 Å². The van der Waals surface area contributed by atoms with Crippen LogP contribution in [0.4, 0.5) is 5.13 Å². The van der Waals surface area contributed by atoms with Crippen LogP contribution >= 0.6 is 11.3 Å². The molecule has 4 saturated heterocycles. The summed E-state index contributed by atoms with van der Waals surface area (Å²) in [6.45, 7) is -0.683. The first-order chi connectivity index (χ1) is 24.5. The van der Waals surface area contributed by atoms with Gasteiger partial charge in [0.2, 0.25) is 5.60 Å². The van der Waals surface area contributed by atoms with Crippen molar-refractivity contribution in [1.29, 1.82) is 0 Å². The number of fused-ring (bicyclic) bond motifs is 3. The van der Waals surface area contributed by atoms with E-state index >= 15 is 0 Å². The third-order valence-corrected chi connectivity index (χ3v) is 12.1. The molecule has 0 aromatic carbocycles. The van der Waals surface area contributed by atoms with Crippen LogP contribution in [0, 0.1) is 0 Å². The number of carbonyl (C=O) groups excluding carboxylic acids is 3. The van der Waals surface area contributed by atoms with Gasteiger partial charge < -0.3 is 46.0 Å². The number of aliphatic carboxylic acids is 2. The van der Waals surface area contributed by atoms with Crippen molar-refractivity contribution in [1.82, 2.24) is 28.9 Å². The monoisotopic (exact) mass is 766 g/mol. The summed E-state index contributed by atoms with van der Waals surface area (Å²) in [4.78, 5) is 82.6. The summed E-state index contributed by atoms with van der Waals surface area (Å²) in [5, 5.41) is 47.9. The highest BCUT2D eigenvalue weighted by Crippen LogP contribution is 2.43. The van der Waals surface area contributed by atoms with Crippen molar-refractivity contribution in [3.8, 4) is 0 Å². The fraction of sp³-hybridized carbons (Fsp3) is 0.464. The number of anilines is 1. The minimum atomic E-state index is -4.65. The molecule has 7 N–H and O–H groups in total. The van der Waals surface area contributed by atoms with Crippen LogP contribution in [0.15, 0.2) is 46.2 Å². The lowest BCUT2D eigenvalue weighted by atomic mass is 9.86. The lowest BCUT2D eigenvalue weighted by Crippen LogP contribution is -2.57. The number of hydrogen-bond acceptors (Lipinski definition) is 17. The van der Waals surface area contributed by atoms with Crippen LogP contribution in [0.3, 0.4) is 0 Å².